The molecule has 1 rings (SSSR count). The Labute approximate surface area is 100 Å². The molecule has 0 aromatic rings. The summed E-state index contributed by atoms with van der Waals surface area (Å²) in [6, 6.07) is 3.12. The molecule has 0 saturated heterocycles. The van der Waals surface area contributed by atoms with Crippen LogP contribution in [0.25, 0.3) is 0 Å². The molecule has 0 aliphatic heterocycles. The number of hydrogen-bond acceptors (Lipinski definition) is 2. The second kappa shape index (κ2) is 7.68. The smallest absolute Gasteiger partial charge is 0.0983 e. The predicted molar refractivity (Wildman–Crippen MR) is 68.1 cm³/mol. The van der Waals surface area contributed by atoms with Gasteiger partial charge in [-0.2, -0.15) is 5.26 Å². The van der Waals surface area contributed by atoms with Crippen molar-refractivity contribution in [1.82, 2.24) is 5.32 Å². The minimum atomic E-state index is 0.0677. The van der Waals surface area contributed by atoms with Gasteiger partial charge in [-0.25, -0.2) is 0 Å². The lowest BCUT2D eigenvalue weighted by Gasteiger charge is -2.25. The topological polar surface area (TPSA) is 35.8 Å². The second-order valence-electron chi connectivity index (χ2n) is 5.04. The molecule has 0 aromatic carbocycles. The highest BCUT2D eigenvalue weighted by molar-refractivity contribution is 4.96. The van der Waals surface area contributed by atoms with Gasteiger partial charge in [0.1, 0.15) is 0 Å². The van der Waals surface area contributed by atoms with Crippen LogP contribution in [-0.4, -0.2) is 12.1 Å². The summed E-state index contributed by atoms with van der Waals surface area (Å²) in [6.45, 7) is 4.38. The number of nitriles is 1. The van der Waals surface area contributed by atoms with Crippen molar-refractivity contribution in [3.8, 4) is 6.07 Å². The first-order chi connectivity index (χ1) is 7.81. The Kier molecular flexibility index (Phi) is 6.49. The third-order valence-electron chi connectivity index (χ3n) is 3.93. The zero-order chi connectivity index (χ0) is 11.8. The van der Waals surface area contributed by atoms with Crippen molar-refractivity contribution in [3.05, 3.63) is 0 Å². The summed E-state index contributed by atoms with van der Waals surface area (Å²) in [4.78, 5) is 0. The average Bonchev–Trinajstić information content (AvgIpc) is 2.57. The normalized spacial score (nSPS) is 20.4. The van der Waals surface area contributed by atoms with E-state index in [0.29, 0.717) is 12.0 Å². The molecule has 1 N–H and O–H groups in total. The Morgan fingerprint density at radius 2 is 1.69 bits per heavy atom. The van der Waals surface area contributed by atoms with E-state index in [4.69, 9.17) is 0 Å². The Morgan fingerprint density at radius 3 is 2.12 bits per heavy atom. The minimum absolute atomic E-state index is 0.0677. The lowest BCUT2D eigenvalue weighted by molar-refractivity contribution is 0.335. The standard InChI is InChI=1S/C14H26N2/c1-3-12(4-2)14(11-15)16-13-9-7-5-6-8-10-13/h12-14,16H,3-10H2,1-2H3. The molecule has 1 fully saturated rings. The zero-order valence-corrected chi connectivity index (χ0v) is 10.8. The number of nitrogens with zero attached hydrogens (tertiary/aromatic N) is 1. The molecule has 0 bridgehead atoms. The fourth-order valence-corrected chi connectivity index (χ4v) is 2.74. The lowest BCUT2D eigenvalue weighted by Crippen LogP contribution is -2.41. The van der Waals surface area contributed by atoms with Crippen LogP contribution in [0.2, 0.25) is 0 Å². The molecule has 0 radical (unpaired) electrons. The van der Waals surface area contributed by atoms with E-state index in [1.165, 1.54) is 38.5 Å². The van der Waals surface area contributed by atoms with Gasteiger partial charge in [0.25, 0.3) is 0 Å². The maximum atomic E-state index is 9.25. The average molecular weight is 222 g/mol. The molecular formula is C14H26N2. The predicted octanol–water partition coefficient (Wildman–Crippen LogP) is 3.63. The first-order valence-corrected chi connectivity index (χ1v) is 6.97. The van der Waals surface area contributed by atoms with Gasteiger partial charge in [-0.3, -0.25) is 5.32 Å². The molecule has 1 atom stereocenters. The quantitative estimate of drug-likeness (QED) is 0.721. The van der Waals surface area contributed by atoms with Crippen LogP contribution in [0, 0.1) is 17.2 Å². The monoisotopic (exact) mass is 222 g/mol. The first-order valence-electron chi connectivity index (χ1n) is 6.97. The van der Waals surface area contributed by atoms with Gasteiger partial charge in [-0.15, -0.1) is 0 Å². The van der Waals surface area contributed by atoms with Crippen LogP contribution in [0.1, 0.15) is 65.2 Å². The van der Waals surface area contributed by atoms with Crippen LogP contribution in [-0.2, 0) is 0 Å². The van der Waals surface area contributed by atoms with Crippen LogP contribution < -0.4 is 5.32 Å². The summed E-state index contributed by atoms with van der Waals surface area (Å²) in [6.07, 6.45) is 10.2. The molecule has 0 spiro atoms. The summed E-state index contributed by atoms with van der Waals surface area (Å²) < 4.78 is 0. The summed E-state index contributed by atoms with van der Waals surface area (Å²) in [5, 5.41) is 12.8. The molecule has 2 nitrogen and oxygen atoms in total. The van der Waals surface area contributed by atoms with Gasteiger partial charge in [0.2, 0.25) is 0 Å². The van der Waals surface area contributed by atoms with Gasteiger partial charge in [-0.05, 0) is 18.8 Å². The largest absolute Gasteiger partial charge is 0.299 e. The van der Waals surface area contributed by atoms with Crippen molar-refractivity contribution in [2.75, 3.05) is 0 Å². The van der Waals surface area contributed by atoms with E-state index in [-0.39, 0.29) is 6.04 Å². The Balaban J connectivity index is 2.45. The van der Waals surface area contributed by atoms with Crippen LogP contribution in [0.3, 0.4) is 0 Å². The molecule has 1 aliphatic carbocycles. The first kappa shape index (κ1) is 13.5. The van der Waals surface area contributed by atoms with Crippen molar-refractivity contribution in [3.63, 3.8) is 0 Å². The summed E-state index contributed by atoms with van der Waals surface area (Å²) >= 11 is 0. The van der Waals surface area contributed by atoms with E-state index in [9.17, 15) is 5.26 Å². The highest BCUT2D eigenvalue weighted by atomic mass is 15.0. The molecule has 1 saturated carbocycles. The molecule has 1 aliphatic rings. The van der Waals surface area contributed by atoms with E-state index in [0.717, 1.165) is 12.8 Å². The van der Waals surface area contributed by atoms with Crippen molar-refractivity contribution >= 4 is 0 Å². The van der Waals surface area contributed by atoms with Gasteiger partial charge in [0.05, 0.1) is 12.1 Å². The van der Waals surface area contributed by atoms with E-state index in [1.807, 2.05) is 0 Å². The summed E-state index contributed by atoms with van der Waals surface area (Å²) in [5.41, 5.74) is 0. The van der Waals surface area contributed by atoms with Crippen molar-refractivity contribution < 1.29 is 0 Å². The van der Waals surface area contributed by atoms with Crippen LogP contribution >= 0.6 is 0 Å². The fourth-order valence-electron chi connectivity index (χ4n) is 2.74. The number of nitrogens with one attached hydrogen (secondary N) is 1. The minimum Gasteiger partial charge on any atom is -0.299 e. The van der Waals surface area contributed by atoms with Crippen LogP contribution in [0.15, 0.2) is 0 Å². The van der Waals surface area contributed by atoms with Crippen molar-refractivity contribution in [2.24, 2.45) is 5.92 Å². The lowest BCUT2D eigenvalue weighted by atomic mass is 9.93. The molecule has 92 valence electrons. The Morgan fingerprint density at radius 1 is 1.12 bits per heavy atom. The summed E-state index contributed by atoms with van der Waals surface area (Å²) in [7, 11) is 0. The fraction of sp³-hybridized carbons (Fsp3) is 0.929. The Bertz CT molecular complexity index is 207. The van der Waals surface area contributed by atoms with E-state index < -0.39 is 0 Å². The molecule has 1 unspecified atom stereocenters. The second-order valence-corrected chi connectivity index (χ2v) is 5.04. The highest BCUT2D eigenvalue weighted by Crippen LogP contribution is 2.20. The SMILES string of the molecule is CCC(CC)C(C#N)NC1CCCCCC1. The van der Waals surface area contributed by atoms with E-state index in [1.54, 1.807) is 0 Å². The third kappa shape index (κ3) is 4.14. The van der Waals surface area contributed by atoms with Gasteiger partial charge < -0.3 is 0 Å². The molecule has 16 heavy (non-hydrogen) atoms. The molecule has 0 aromatic heterocycles. The van der Waals surface area contributed by atoms with Gasteiger partial charge in [-0.1, -0.05) is 52.4 Å². The zero-order valence-electron chi connectivity index (χ0n) is 10.8. The van der Waals surface area contributed by atoms with Crippen LogP contribution in [0.5, 0.6) is 0 Å². The number of rotatable bonds is 5. The number of hydrogen-bond donors (Lipinski definition) is 1. The van der Waals surface area contributed by atoms with Crippen LogP contribution in [0.4, 0.5) is 0 Å². The molecule has 2 heteroatoms. The van der Waals surface area contributed by atoms with Crippen molar-refractivity contribution in [1.29, 1.82) is 5.26 Å². The van der Waals surface area contributed by atoms with Crippen molar-refractivity contribution in [2.45, 2.75) is 77.3 Å². The maximum absolute atomic E-state index is 9.25. The summed E-state index contributed by atoms with van der Waals surface area (Å²) in [5.74, 6) is 0.522. The maximum Gasteiger partial charge on any atom is 0.0983 e. The Hall–Kier alpha value is -0.550. The van der Waals surface area contributed by atoms with Gasteiger partial charge in [0.15, 0.2) is 0 Å². The molecule has 0 amide bonds. The van der Waals surface area contributed by atoms with Gasteiger partial charge >= 0.3 is 0 Å². The molecular weight excluding hydrogens is 196 g/mol. The highest BCUT2D eigenvalue weighted by Gasteiger charge is 2.21. The van der Waals surface area contributed by atoms with E-state index >= 15 is 0 Å². The van der Waals surface area contributed by atoms with Gasteiger partial charge in [0, 0.05) is 6.04 Å². The third-order valence-corrected chi connectivity index (χ3v) is 3.93. The van der Waals surface area contributed by atoms with E-state index in [2.05, 4.69) is 25.2 Å². The molecule has 0 heterocycles.